The Bertz CT molecular complexity index is 296. The molecule has 1 rings (SSSR count). The molecular formula is C8H8F3NO2. The van der Waals surface area contributed by atoms with Crippen LogP contribution in [-0.4, -0.2) is 21.8 Å². The van der Waals surface area contributed by atoms with Crippen LogP contribution in [0.1, 0.15) is 17.4 Å². The number of pyridine rings is 1. The van der Waals surface area contributed by atoms with Gasteiger partial charge in [0, 0.05) is 11.8 Å². The van der Waals surface area contributed by atoms with Gasteiger partial charge in [-0.1, -0.05) is 6.07 Å². The van der Waals surface area contributed by atoms with Gasteiger partial charge in [-0.3, -0.25) is 4.98 Å². The quantitative estimate of drug-likeness (QED) is 0.764. The van der Waals surface area contributed by atoms with Gasteiger partial charge in [0.15, 0.2) is 0 Å². The number of alkyl halides is 3. The molecule has 0 aliphatic carbocycles. The molecule has 0 saturated carbocycles. The summed E-state index contributed by atoms with van der Waals surface area (Å²) in [5.74, 6) is 0. The lowest BCUT2D eigenvalue weighted by atomic mass is 10.1. The summed E-state index contributed by atoms with van der Waals surface area (Å²) in [7, 11) is 0. The van der Waals surface area contributed by atoms with Crippen LogP contribution in [0.15, 0.2) is 18.3 Å². The third-order valence-electron chi connectivity index (χ3n) is 1.63. The van der Waals surface area contributed by atoms with Crippen molar-refractivity contribution in [3.05, 3.63) is 29.6 Å². The zero-order valence-corrected chi connectivity index (χ0v) is 6.99. The maximum atomic E-state index is 12.0. The lowest BCUT2D eigenvalue weighted by molar-refractivity contribution is -0.141. The molecule has 0 aliphatic heterocycles. The van der Waals surface area contributed by atoms with Gasteiger partial charge < -0.3 is 10.2 Å². The molecule has 1 heterocycles. The fourth-order valence-electron chi connectivity index (χ4n) is 0.876. The summed E-state index contributed by atoms with van der Waals surface area (Å²) in [5, 5.41) is 17.6. The van der Waals surface area contributed by atoms with Crippen molar-refractivity contribution in [1.82, 2.24) is 4.98 Å². The minimum absolute atomic E-state index is 0.153. The molecule has 0 fully saturated rings. The molecule has 1 aromatic rings. The van der Waals surface area contributed by atoms with E-state index in [1.807, 2.05) is 0 Å². The van der Waals surface area contributed by atoms with Gasteiger partial charge in [0.2, 0.25) is 0 Å². The highest BCUT2D eigenvalue weighted by Crippen LogP contribution is 2.27. The Balaban J connectivity index is 2.89. The van der Waals surface area contributed by atoms with E-state index in [1.54, 1.807) is 0 Å². The monoisotopic (exact) mass is 207 g/mol. The molecule has 1 aromatic heterocycles. The van der Waals surface area contributed by atoms with Crippen molar-refractivity contribution in [2.75, 3.05) is 6.61 Å². The van der Waals surface area contributed by atoms with E-state index in [-0.39, 0.29) is 5.56 Å². The molecule has 0 saturated heterocycles. The summed E-state index contributed by atoms with van der Waals surface area (Å²) < 4.78 is 36.1. The second kappa shape index (κ2) is 3.93. The Hall–Kier alpha value is -1.14. The van der Waals surface area contributed by atoms with E-state index in [0.717, 1.165) is 18.3 Å². The van der Waals surface area contributed by atoms with Crippen LogP contribution in [0.2, 0.25) is 0 Å². The van der Waals surface area contributed by atoms with Crippen LogP contribution in [0.5, 0.6) is 0 Å². The van der Waals surface area contributed by atoms with E-state index >= 15 is 0 Å². The molecule has 0 bridgehead atoms. The maximum Gasteiger partial charge on any atom is 0.433 e. The van der Waals surface area contributed by atoms with Gasteiger partial charge in [0.05, 0.1) is 6.61 Å². The topological polar surface area (TPSA) is 53.4 Å². The molecule has 1 atom stereocenters. The molecule has 0 aromatic carbocycles. The van der Waals surface area contributed by atoms with Crippen LogP contribution >= 0.6 is 0 Å². The minimum atomic E-state index is -4.48. The fourth-order valence-corrected chi connectivity index (χ4v) is 0.876. The summed E-state index contributed by atoms with van der Waals surface area (Å²) in [4.78, 5) is 3.12. The van der Waals surface area contributed by atoms with Crippen LogP contribution in [0.4, 0.5) is 13.2 Å². The maximum absolute atomic E-state index is 12.0. The summed E-state index contributed by atoms with van der Waals surface area (Å²) in [6, 6.07) is 1.84. The molecule has 78 valence electrons. The number of hydrogen-bond acceptors (Lipinski definition) is 3. The molecule has 0 spiro atoms. The Morgan fingerprint density at radius 1 is 1.36 bits per heavy atom. The smallest absolute Gasteiger partial charge is 0.393 e. The van der Waals surface area contributed by atoms with E-state index in [9.17, 15) is 13.2 Å². The van der Waals surface area contributed by atoms with Crippen molar-refractivity contribution < 1.29 is 23.4 Å². The van der Waals surface area contributed by atoms with Gasteiger partial charge in [-0.15, -0.1) is 0 Å². The Morgan fingerprint density at radius 2 is 2.00 bits per heavy atom. The number of aliphatic hydroxyl groups excluding tert-OH is 2. The fraction of sp³-hybridized carbons (Fsp3) is 0.375. The van der Waals surface area contributed by atoms with E-state index in [0.29, 0.717) is 0 Å². The Morgan fingerprint density at radius 3 is 2.36 bits per heavy atom. The lowest BCUT2D eigenvalue weighted by Gasteiger charge is -2.09. The third-order valence-corrected chi connectivity index (χ3v) is 1.63. The molecule has 3 nitrogen and oxygen atoms in total. The highest BCUT2D eigenvalue weighted by molar-refractivity contribution is 5.17. The summed E-state index contributed by atoms with van der Waals surface area (Å²) >= 11 is 0. The van der Waals surface area contributed by atoms with Crippen molar-refractivity contribution >= 4 is 0 Å². The number of hydrogen-bond donors (Lipinski definition) is 2. The summed E-state index contributed by atoms with van der Waals surface area (Å²) in [6.45, 7) is -0.549. The van der Waals surface area contributed by atoms with E-state index < -0.39 is 24.6 Å². The number of rotatable bonds is 2. The molecular weight excluding hydrogens is 199 g/mol. The van der Waals surface area contributed by atoms with Gasteiger partial charge in [-0.2, -0.15) is 13.2 Å². The van der Waals surface area contributed by atoms with E-state index in [1.165, 1.54) is 0 Å². The largest absolute Gasteiger partial charge is 0.433 e. The molecule has 1 unspecified atom stereocenters. The zero-order chi connectivity index (χ0) is 10.8. The van der Waals surface area contributed by atoms with Crippen molar-refractivity contribution in [2.24, 2.45) is 0 Å². The van der Waals surface area contributed by atoms with Crippen molar-refractivity contribution in [2.45, 2.75) is 12.3 Å². The molecule has 6 heteroatoms. The first-order valence-corrected chi connectivity index (χ1v) is 3.77. The van der Waals surface area contributed by atoms with E-state index in [2.05, 4.69) is 4.98 Å². The Labute approximate surface area is 77.8 Å². The van der Waals surface area contributed by atoms with E-state index in [4.69, 9.17) is 10.2 Å². The van der Waals surface area contributed by atoms with Crippen LogP contribution in [0, 0.1) is 0 Å². The van der Waals surface area contributed by atoms with Crippen molar-refractivity contribution in [1.29, 1.82) is 0 Å². The van der Waals surface area contributed by atoms with Crippen LogP contribution in [0.25, 0.3) is 0 Å². The van der Waals surface area contributed by atoms with Crippen LogP contribution in [-0.2, 0) is 6.18 Å². The Kier molecular flexibility index (Phi) is 3.07. The van der Waals surface area contributed by atoms with Crippen molar-refractivity contribution in [3.63, 3.8) is 0 Å². The zero-order valence-electron chi connectivity index (χ0n) is 6.99. The second-order valence-electron chi connectivity index (χ2n) is 2.67. The van der Waals surface area contributed by atoms with Crippen LogP contribution in [0.3, 0.4) is 0 Å². The first kappa shape index (κ1) is 10.9. The van der Waals surface area contributed by atoms with Crippen LogP contribution < -0.4 is 0 Å². The number of aliphatic hydroxyl groups is 2. The minimum Gasteiger partial charge on any atom is -0.393 e. The normalized spacial score (nSPS) is 14.1. The summed E-state index contributed by atoms with van der Waals surface area (Å²) in [6.07, 6.45) is -4.78. The molecule has 0 aliphatic rings. The van der Waals surface area contributed by atoms with Gasteiger partial charge in [-0.05, 0) is 6.07 Å². The first-order valence-electron chi connectivity index (χ1n) is 3.77. The van der Waals surface area contributed by atoms with Gasteiger partial charge in [0.1, 0.15) is 11.8 Å². The lowest BCUT2D eigenvalue weighted by Crippen LogP contribution is -2.09. The van der Waals surface area contributed by atoms with Crippen molar-refractivity contribution in [3.8, 4) is 0 Å². The van der Waals surface area contributed by atoms with Gasteiger partial charge in [-0.25, -0.2) is 0 Å². The molecule has 14 heavy (non-hydrogen) atoms. The molecule has 0 radical (unpaired) electrons. The number of aromatic nitrogens is 1. The van der Waals surface area contributed by atoms with Gasteiger partial charge in [0.25, 0.3) is 0 Å². The average Bonchev–Trinajstić information content (AvgIpc) is 2.15. The number of nitrogens with zero attached hydrogens (tertiary/aromatic N) is 1. The predicted molar refractivity (Wildman–Crippen MR) is 41.3 cm³/mol. The summed E-state index contributed by atoms with van der Waals surface area (Å²) in [5.41, 5.74) is -0.869. The SMILES string of the molecule is OCC(O)c1ccc(C(F)(F)F)nc1. The highest BCUT2D eigenvalue weighted by Gasteiger charge is 2.32. The number of halogens is 3. The van der Waals surface area contributed by atoms with Gasteiger partial charge >= 0.3 is 6.18 Å². The third kappa shape index (κ3) is 2.43. The highest BCUT2D eigenvalue weighted by atomic mass is 19.4. The molecule has 0 amide bonds. The second-order valence-corrected chi connectivity index (χ2v) is 2.67. The molecule has 2 N–H and O–H groups in total. The first-order chi connectivity index (χ1) is 6.45. The predicted octanol–water partition coefficient (Wildman–Crippen LogP) is 1.13. The average molecular weight is 207 g/mol. The standard InChI is InChI=1S/C8H8F3NO2/c9-8(10,11)7-2-1-5(3-12-7)6(14)4-13/h1-3,6,13-14H,4H2.